The van der Waals surface area contributed by atoms with Crippen molar-refractivity contribution in [2.45, 2.75) is 69.6 Å². The summed E-state index contributed by atoms with van der Waals surface area (Å²) in [6, 6.07) is 6.97. The Kier molecular flexibility index (Phi) is 3.23. The summed E-state index contributed by atoms with van der Waals surface area (Å²) in [6.45, 7) is 7.66. The number of aliphatic imine (C=N–C) groups is 1. The number of allylic oxidation sites excluding steroid dienone is 3. The molecule has 152 valence electrons. The Morgan fingerprint density at radius 3 is 3.03 bits per heavy atom. The van der Waals surface area contributed by atoms with Crippen molar-refractivity contribution >= 4 is 11.8 Å². The quantitative estimate of drug-likeness (QED) is 0.509. The lowest BCUT2D eigenvalue weighted by Gasteiger charge is -2.53. The zero-order valence-electron chi connectivity index (χ0n) is 17.8. The van der Waals surface area contributed by atoms with Crippen LogP contribution in [0.3, 0.4) is 0 Å². The number of hydrogen-bond donors (Lipinski definition) is 0. The standard InChI is InChI=1S/C28H29NO/c1-18-3-6-22-14-23-9-10-26(2)24(19-4-5-20-16-29-17-21(20)13-19)7-8-25(26)28(23)12-11-27(22,15-18)30-28/h4-5,7,9,13-14,17,25H,1,3,6,8,10-12,15-16H2,2H3/t25-,26-,27?,28-/m1/s1. The first-order chi connectivity index (χ1) is 14.5. The number of ether oxygens (including phenoxy) is 1. The third-order valence-electron chi connectivity index (χ3n) is 9.16. The van der Waals surface area contributed by atoms with Gasteiger partial charge in [0.25, 0.3) is 0 Å². The van der Waals surface area contributed by atoms with Crippen LogP contribution in [0, 0.1) is 11.3 Å². The van der Waals surface area contributed by atoms with Crippen LogP contribution in [0.5, 0.6) is 0 Å². The van der Waals surface area contributed by atoms with Crippen LogP contribution in [-0.4, -0.2) is 17.4 Å². The van der Waals surface area contributed by atoms with Crippen molar-refractivity contribution in [1.29, 1.82) is 0 Å². The molecule has 1 unspecified atom stereocenters. The third-order valence-corrected chi connectivity index (χ3v) is 9.16. The van der Waals surface area contributed by atoms with Gasteiger partial charge >= 0.3 is 0 Å². The van der Waals surface area contributed by atoms with Crippen molar-refractivity contribution in [2.24, 2.45) is 16.3 Å². The molecule has 7 rings (SSSR count). The highest BCUT2D eigenvalue weighted by atomic mass is 16.5. The Balaban J connectivity index is 1.32. The lowest BCUT2D eigenvalue weighted by atomic mass is 9.58. The van der Waals surface area contributed by atoms with E-state index >= 15 is 0 Å². The van der Waals surface area contributed by atoms with E-state index in [1.807, 2.05) is 6.21 Å². The largest absolute Gasteiger partial charge is 0.359 e. The third kappa shape index (κ3) is 2.01. The molecule has 3 heterocycles. The molecule has 3 aliphatic carbocycles. The predicted molar refractivity (Wildman–Crippen MR) is 121 cm³/mol. The Bertz CT molecular complexity index is 1130. The molecule has 2 spiro atoms. The first-order valence-electron chi connectivity index (χ1n) is 11.6. The van der Waals surface area contributed by atoms with Crippen LogP contribution in [0.15, 0.2) is 64.7 Å². The molecule has 0 aromatic heterocycles. The van der Waals surface area contributed by atoms with E-state index in [0.717, 1.165) is 51.5 Å². The van der Waals surface area contributed by atoms with E-state index < -0.39 is 0 Å². The first-order valence-corrected chi connectivity index (χ1v) is 11.6. The summed E-state index contributed by atoms with van der Waals surface area (Å²) in [7, 11) is 0. The van der Waals surface area contributed by atoms with Gasteiger partial charge in [0.15, 0.2) is 0 Å². The highest BCUT2D eigenvalue weighted by Crippen LogP contribution is 2.67. The maximum absolute atomic E-state index is 7.24. The van der Waals surface area contributed by atoms with Gasteiger partial charge in [-0.3, -0.25) is 4.99 Å². The zero-order chi connectivity index (χ0) is 20.1. The molecule has 2 heteroatoms. The van der Waals surface area contributed by atoms with Crippen LogP contribution in [0.4, 0.5) is 0 Å². The van der Waals surface area contributed by atoms with E-state index in [4.69, 9.17) is 4.74 Å². The van der Waals surface area contributed by atoms with Gasteiger partial charge in [-0.05, 0) is 78.0 Å². The molecule has 6 aliphatic rings. The van der Waals surface area contributed by atoms with Crippen LogP contribution in [0.25, 0.3) is 5.57 Å². The molecule has 2 bridgehead atoms. The van der Waals surface area contributed by atoms with Crippen LogP contribution in [0.2, 0.25) is 0 Å². The van der Waals surface area contributed by atoms with Gasteiger partial charge in [0, 0.05) is 24.0 Å². The zero-order valence-corrected chi connectivity index (χ0v) is 17.8. The molecule has 4 atom stereocenters. The van der Waals surface area contributed by atoms with E-state index in [9.17, 15) is 0 Å². The van der Waals surface area contributed by atoms with Crippen LogP contribution in [0.1, 0.15) is 68.6 Å². The van der Waals surface area contributed by atoms with E-state index in [1.54, 1.807) is 5.57 Å². The second-order valence-corrected chi connectivity index (χ2v) is 10.7. The van der Waals surface area contributed by atoms with Crippen molar-refractivity contribution in [1.82, 2.24) is 0 Å². The lowest BCUT2D eigenvalue weighted by molar-refractivity contribution is -0.123. The minimum absolute atomic E-state index is 0.0578. The minimum Gasteiger partial charge on any atom is -0.359 e. The summed E-state index contributed by atoms with van der Waals surface area (Å²) in [5.74, 6) is 0.522. The minimum atomic E-state index is -0.107. The van der Waals surface area contributed by atoms with Gasteiger partial charge in [-0.25, -0.2) is 0 Å². The van der Waals surface area contributed by atoms with Gasteiger partial charge < -0.3 is 4.74 Å². The summed E-state index contributed by atoms with van der Waals surface area (Å²) in [5, 5.41) is 0. The molecule has 2 fully saturated rings. The SMILES string of the molecule is C=C1CCC2=CC3=CC[C@]4(C)C(c5ccc6c(c5)C=NC6)=CC[C@H]4[C@@]34CCC2(C1)O4. The maximum atomic E-state index is 7.24. The molecule has 3 aliphatic heterocycles. The van der Waals surface area contributed by atoms with Gasteiger partial charge in [-0.15, -0.1) is 0 Å². The molecule has 0 radical (unpaired) electrons. The average Bonchev–Trinajstić information content (AvgIpc) is 3.41. The van der Waals surface area contributed by atoms with E-state index in [-0.39, 0.29) is 16.6 Å². The molecule has 1 saturated heterocycles. The van der Waals surface area contributed by atoms with Gasteiger partial charge in [0.05, 0.1) is 17.7 Å². The number of rotatable bonds is 1. The van der Waals surface area contributed by atoms with Gasteiger partial charge in [0.1, 0.15) is 0 Å². The second-order valence-electron chi connectivity index (χ2n) is 10.7. The van der Waals surface area contributed by atoms with Crippen molar-refractivity contribution in [3.05, 3.63) is 76.4 Å². The van der Waals surface area contributed by atoms with Crippen LogP contribution < -0.4 is 0 Å². The Labute approximate surface area is 179 Å². The van der Waals surface area contributed by atoms with Crippen molar-refractivity contribution in [3.8, 4) is 0 Å². The summed E-state index contributed by atoms with van der Waals surface area (Å²) in [4.78, 5) is 4.46. The van der Waals surface area contributed by atoms with Gasteiger partial charge in [0.2, 0.25) is 0 Å². The monoisotopic (exact) mass is 395 g/mol. The molecule has 1 aromatic carbocycles. The summed E-state index contributed by atoms with van der Waals surface area (Å²) in [5.41, 5.74) is 9.93. The van der Waals surface area contributed by atoms with E-state index in [2.05, 4.69) is 54.9 Å². The highest BCUT2D eigenvalue weighted by Gasteiger charge is 2.64. The number of benzene rings is 1. The first kappa shape index (κ1) is 17.5. The number of nitrogens with zero attached hydrogens (tertiary/aromatic N) is 1. The van der Waals surface area contributed by atoms with E-state index in [0.29, 0.717) is 5.92 Å². The predicted octanol–water partition coefficient (Wildman–Crippen LogP) is 6.33. The smallest absolute Gasteiger partial charge is 0.0981 e. The van der Waals surface area contributed by atoms with Crippen molar-refractivity contribution in [3.63, 3.8) is 0 Å². The second kappa shape index (κ2) is 5.53. The molecule has 30 heavy (non-hydrogen) atoms. The average molecular weight is 396 g/mol. The fourth-order valence-electron chi connectivity index (χ4n) is 7.64. The molecule has 2 nitrogen and oxygen atoms in total. The molecule has 1 saturated carbocycles. The summed E-state index contributed by atoms with van der Waals surface area (Å²) in [6.07, 6.45) is 17.5. The molecular weight excluding hydrogens is 366 g/mol. The summed E-state index contributed by atoms with van der Waals surface area (Å²) < 4.78 is 7.24. The fraction of sp³-hybridized carbons (Fsp3) is 0.464. The summed E-state index contributed by atoms with van der Waals surface area (Å²) >= 11 is 0. The van der Waals surface area contributed by atoms with E-state index in [1.165, 1.54) is 33.4 Å². The van der Waals surface area contributed by atoms with Crippen molar-refractivity contribution in [2.75, 3.05) is 0 Å². The lowest BCUT2D eigenvalue weighted by Crippen LogP contribution is -2.53. The molecule has 1 aromatic rings. The maximum Gasteiger partial charge on any atom is 0.0981 e. The molecular formula is C28H29NO. The van der Waals surface area contributed by atoms with Gasteiger partial charge in [-0.2, -0.15) is 0 Å². The van der Waals surface area contributed by atoms with Crippen molar-refractivity contribution < 1.29 is 4.74 Å². The normalized spacial score (nSPS) is 40.2. The molecule has 0 amide bonds. The number of fused-ring (bicyclic) bond motifs is 2. The fourth-order valence-corrected chi connectivity index (χ4v) is 7.64. The Morgan fingerprint density at radius 1 is 1.17 bits per heavy atom. The topological polar surface area (TPSA) is 21.6 Å². The highest BCUT2D eigenvalue weighted by molar-refractivity contribution is 5.87. The van der Waals surface area contributed by atoms with Crippen LogP contribution in [-0.2, 0) is 11.3 Å². The Hall–Kier alpha value is -2.19. The van der Waals surface area contributed by atoms with Gasteiger partial charge in [-0.1, -0.05) is 49.4 Å². The Morgan fingerprint density at radius 2 is 2.10 bits per heavy atom. The van der Waals surface area contributed by atoms with Crippen LogP contribution >= 0.6 is 0 Å². The molecule has 0 N–H and O–H groups in total. The number of hydrogen-bond acceptors (Lipinski definition) is 2.